The molecule has 2 heterocycles. The molecule has 1 aromatic carbocycles. The van der Waals surface area contributed by atoms with E-state index in [9.17, 15) is 22.8 Å². The highest BCUT2D eigenvalue weighted by Crippen LogP contribution is 2.35. The van der Waals surface area contributed by atoms with E-state index in [0.29, 0.717) is 13.1 Å². The number of amides is 2. The Hall–Kier alpha value is -2.98. The Morgan fingerprint density at radius 1 is 1.20 bits per heavy atom. The van der Waals surface area contributed by atoms with Crippen molar-refractivity contribution in [2.75, 3.05) is 38.1 Å². The number of fused-ring (bicyclic) bond motifs is 1. The number of alkyl halides is 3. The number of rotatable bonds is 9. The van der Waals surface area contributed by atoms with Crippen molar-refractivity contribution in [3.05, 3.63) is 58.9 Å². The lowest BCUT2D eigenvalue weighted by Gasteiger charge is -2.31. The van der Waals surface area contributed by atoms with Crippen molar-refractivity contribution in [3.8, 4) is 0 Å². The summed E-state index contributed by atoms with van der Waals surface area (Å²) in [5.74, 6) is -0.633. The van der Waals surface area contributed by atoms with E-state index in [1.807, 2.05) is 18.2 Å². The van der Waals surface area contributed by atoms with Gasteiger partial charge < -0.3 is 20.4 Å². The highest BCUT2D eigenvalue weighted by Gasteiger charge is 2.37. The van der Waals surface area contributed by atoms with Gasteiger partial charge in [-0.05, 0) is 62.2 Å². The van der Waals surface area contributed by atoms with Crippen molar-refractivity contribution in [3.63, 3.8) is 0 Å². The van der Waals surface area contributed by atoms with Crippen LogP contribution in [0.1, 0.15) is 35.2 Å². The zero-order valence-corrected chi connectivity index (χ0v) is 19.7. The third-order valence-electron chi connectivity index (χ3n) is 6.41. The van der Waals surface area contributed by atoms with Gasteiger partial charge in [0.1, 0.15) is 6.54 Å². The van der Waals surface area contributed by atoms with E-state index in [4.69, 9.17) is 0 Å². The second-order valence-electron chi connectivity index (χ2n) is 8.95. The number of carbonyl (C=O) groups excluding carboxylic acids is 2. The first-order valence-electron chi connectivity index (χ1n) is 11.9. The van der Waals surface area contributed by atoms with Gasteiger partial charge in [0.2, 0.25) is 11.8 Å². The van der Waals surface area contributed by atoms with Crippen LogP contribution in [0, 0.1) is 5.92 Å². The molecule has 2 aliphatic rings. The van der Waals surface area contributed by atoms with Gasteiger partial charge in [-0.15, -0.1) is 0 Å². The molecule has 2 aromatic rings. The Morgan fingerprint density at radius 2 is 2.00 bits per heavy atom. The maximum absolute atomic E-state index is 13.5. The highest BCUT2D eigenvalue weighted by atomic mass is 19.4. The summed E-state index contributed by atoms with van der Waals surface area (Å²) in [5.41, 5.74) is 1.77. The molecular weight excluding hydrogens is 459 g/mol. The fourth-order valence-electron chi connectivity index (χ4n) is 4.37. The van der Waals surface area contributed by atoms with Gasteiger partial charge in [0.25, 0.3) is 0 Å². The lowest BCUT2D eigenvalue weighted by molar-refractivity contribution is -0.140. The van der Waals surface area contributed by atoms with E-state index < -0.39 is 17.6 Å². The minimum Gasteiger partial charge on any atom is -0.334 e. The number of aromatic nitrogens is 1. The number of carbonyl (C=O) groups is 2. The van der Waals surface area contributed by atoms with Gasteiger partial charge in [0.05, 0.1) is 17.8 Å². The zero-order valence-electron chi connectivity index (χ0n) is 19.7. The van der Waals surface area contributed by atoms with Crippen LogP contribution in [0.3, 0.4) is 0 Å². The molecule has 0 atom stereocenters. The number of anilines is 1. The summed E-state index contributed by atoms with van der Waals surface area (Å²) in [4.78, 5) is 33.6. The van der Waals surface area contributed by atoms with Crippen LogP contribution in [0.2, 0.25) is 0 Å². The van der Waals surface area contributed by atoms with Gasteiger partial charge in [0, 0.05) is 37.4 Å². The molecule has 0 bridgehead atoms. The van der Waals surface area contributed by atoms with Crippen molar-refractivity contribution in [2.45, 2.75) is 38.5 Å². The van der Waals surface area contributed by atoms with Crippen LogP contribution in [0.25, 0.3) is 0 Å². The normalized spacial score (nSPS) is 15.4. The molecule has 0 unspecified atom stereocenters. The molecule has 188 valence electrons. The van der Waals surface area contributed by atoms with Gasteiger partial charge >= 0.3 is 6.18 Å². The van der Waals surface area contributed by atoms with E-state index in [1.54, 1.807) is 11.9 Å². The van der Waals surface area contributed by atoms with E-state index in [1.165, 1.54) is 17.2 Å². The molecule has 7 nitrogen and oxygen atoms in total. The van der Waals surface area contributed by atoms with E-state index in [0.717, 1.165) is 48.7 Å². The molecule has 1 aliphatic carbocycles. The summed E-state index contributed by atoms with van der Waals surface area (Å²) in [7, 11) is 1.71. The molecule has 1 saturated carbocycles. The van der Waals surface area contributed by atoms with Gasteiger partial charge in [-0.2, -0.15) is 13.2 Å². The fraction of sp³-hybridized carbons (Fsp3) is 0.480. The molecule has 1 aliphatic heterocycles. The first-order valence-corrected chi connectivity index (χ1v) is 11.9. The predicted molar refractivity (Wildman–Crippen MR) is 126 cm³/mol. The summed E-state index contributed by atoms with van der Waals surface area (Å²) in [6.07, 6.45) is -0.982. The van der Waals surface area contributed by atoms with Gasteiger partial charge in [-0.25, -0.2) is 0 Å². The number of hydrogen-bond donors (Lipinski definition) is 2. The Morgan fingerprint density at radius 3 is 2.71 bits per heavy atom. The molecule has 4 rings (SSSR count). The van der Waals surface area contributed by atoms with E-state index in [2.05, 4.69) is 15.6 Å². The molecule has 2 N–H and O–H groups in total. The highest BCUT2D eigenvalue weighted by molar-refractivity contribution is 6.01. The lowest BCUT2D eigenvalue weighted by Crippen LogP contribution is -2.46. The minimum absolute atomic E-state index is 0.104. The zero-order chi connectivity index (χ0) is 25.0. The minimum atomic E-state index is -4.58. The number of halogens is 3. The van der Waals surface area contributed by atoms with Crippen molar-refractivity contribution >= 4 is 17.5 Å². The second-order valence-corrected chi connectivity index (χ2v) is 8.95. The molecule has 1 aromatic heterocycles. The first-order chi connectivity index (χ1) is 16.8. The van der Waals surface area contributed by atoms with Crippen LogP contribution in [-0.4, -0.2) is 54.9 Å². The summed E-state index contributed by atoms with van der Waals surface area (Å²) in [6.45, 7) is 1.53. The maximum atomic E-state index is 13.5. The summed E-state index contributed by atoms with van der Waals surface area (Å²) in [5, 5.41) is 6.25. The second kappa shape index (κ2) is 10.7. The summed E-state index contributed by atoms with van der Waals surface area (Å²) in [6, 6.07) is 7.94. The van der Waals surface area contributed by atoms with Crippen LogP contribution in [0.15, 0.2) is 36.5 Å². The molecular formula is C25H30F3N5O2. The Kier molecular flexibility index (Phi) is 7.71. The topological polar surface area (TPSA) is 77.6 Å². The largest absolute Gasteiger partial charge is 0.418 e. The number of likely N-dealkylation sites (N-methyl/N-ethyl adjacent to an activating group) is 1. The van der Waals surface area contributed by atoms with E-state index >= 15 is 0 Å². The number of pyridine rings is 1. The van der Waals surface area contributed by atoms with Crippen molar-refractivity contribution in [1.82, 2.24) is 20.5 Å². The molecule has 35 heavy (non-hydrogen) atoms. The number of nitrogens with one attached hydrogen (secondary N) is 2. The first kappa shape index (κ1) is 25.1. The van der Waals surface area contributed by atoms with E-state index in [-0.39, 0.29) is 37.2 Å². The average molecular weight is 490 g/mol. The number of hydrogen-bond acceptors (Lipinski definition) is 5. The lowest BCUT2D eigenvalue weighted by atomic mass is 9.98. The Balaban J connectivity index is 1.62. The van der Waals surface area contributed by atoms with Crippen molar-refractivity contribution < 1.29 is 22.8 Å². The summed E-state index contributed by atoms with van der Waals surface area (Å²) >= 11 is 0. The summed E-state index contributed by atoms with van der Waals surface area (Å²) < 4.78 is 40.6. The van der Waals surface area contributed by atoms with Crippen molar-refractivity contribution in [2.24, 2.45) is 5.92 Å². The molecule has 0 saturated heterocycles. The smallest absolute Gasteiger partial charge is 0.334 e. The molecule has 0 radical (unpaired) electrons. The van der Waals surface area contributed by atoms with Crippen LogP contribution in [0.4, 0.5) is 18.9 Å². The van der Waals surface area contributed by atoms with Gasteiger partial charge in [-0.1, -0.05) is 12.1 Å². The van der Waals surface area contributed by atoms with Crippen LogP contribution >= 0.6 is 0 Å². The van der Waals surface area contributed by atoms with Crippen LogP contribution < -0.4 is 15.5 Å². The number of benzene rings is 1. The van der Waals surface area contributed by atoms with Gasteiger partial charge in [0.15, 0.2) is 0 Å². The quantitative estimate of drug-likeness (QED) is 0.567. The molecule has 10 heteroatoms. The van der Waals surface area contributed by atoms with Crippen LogP contribution in [-0.2, 0) is 35.3 Å². The SMILES string of the molecule is CNCCN(Cc1ncccc1C(F)(F)F)C(=O)CN(C(=O)C1CC1)c1cccc2c1CCNC2. The molecule has 2 amide bonds. The molecule has 0 spiro atoms. The Labute approximate surface area is 202 Å². The number of nitrogens with zero attached hydrogens (tertiary/aromatic N) is 3. The molecule has 1 fully saturated rings. The third kappa shape index (κ3) is 5.99. The van der Waals surface area contributed by atoms with Crippen molar-refractivity contribution in [1.29, 1.82) is 0 Å². The fourth-order valence-corrected chi connectivity index (χ4v) is 4.37. The standard InChI is InChI=1S/C25H30F3N5O2/c1-29-12-13-32(15-21-20(25(26,27)28)5-3-10-31-21)23(34)16-33(24(35)17-7-8-17)22-6-2-4-18-14-30-11-9-19(18)22/h2-6,10,17,29-30H,7-9,11-16H2,1H3. The average Bonchev–Trinajstić information content (AvgIpc) is 3.69. The predicted octanol–water partition coefficient (Wildman–Crippen LogP) is 2.74. The Bertz CT molecular complexity index is 1070. The maximum Gasteiger partial charge on any atom is 0.418 e. The monoisotopic (exact) mass is 489 g/mol. The third-order valence-corrected chi connectivity index (χ3v) is 6.41. The van der Waals surface area contributed by atoms with Crippen LogP contribution in [0.5, 0.6) is 0 Å². The van der Waals surface area contributed by atoms with Gasteiger partial charge in [-0.3, -0.25) is 14.6 Å².